The molecule has 3 rings (SSSR count). The van der Waals surface area contributed by atoms with Crippen molar-refractivity contribution in [3.05, 3.63) is 88.2 Å². The molecule has 0 aliphatic rings. The highest BCUT2D eigenvalue weighted by Crippen LogP contribution is 2.22. The van der Waals surface area contributed by atoms with Gasteiger partial charge in [0.15, 0.2) is 0 Å². The molecule has 3 aromatic rings. The van der Waals surface area contributed by atoms with Crippen LogP contribution in [-0.4, -0.2) is 16.8 Å². The third-order valence-corrected chi connectivity index (χ3v) is 4.45. The molecule has 0 saturated heterocycles. The normalized spacial score (nSPS) is 10.4. The van der Waals surface area contributed by atoms with E-state index >= 15 is 0 Å². The van der Waals surface area contributed by atoms with E-state index < -0.39 is 0 Å². The Bertz CT molecular complexity index is 1030. The first-order valence-electron chi connectivity index (χ1n) is 9.06. The zero-order valence-electron chi connectivity index (χ0n) is 16.5. The lowest BCUT2D eigenvalue weighted by molar-refractivity contribution is 0.102. The average molecular weight is 373 g/mol. The van der Waals surface area contributed by atoms with Gasteiger partial charge in [-0.15, -0.1) is 0 Å². The number of nitrogens with zero attached hydrogens (tertiary/aromatic N) is 1. The SMILES string of the molecule is Cc1cccc(NC(=O)c2cncc(C(=O)Nc3c(C)cc(C)cc3C)c2)c1. The second-order valence-electron chi connectivity index (χ2n) is 7.01. The van der Waals surface area contributed by atoms with Crippen LogP contribution in [0.3, 0.4) is 0 Å². The number of anilines is 2. The minimum atomic E-state index is -0.310. The van der Waals surface area contributed by atoms with Crippen molar-refractivity contribution in [3.8, 4) is 0 Å². The predicted molar refractivity (Wildman–Crippen MR) is 112 cm³/mol. The number of amides is 2. The molecule has 0 spiro atoms. The van der Waals surface area contributed by atoms with E-state index in [9.17, 15) is 9.59 Å². The highest BCUT2D eigenvalue weighted by Gasteiger charge is 2.14. The number of aromatic nitrogens is 1. The molecule has 0 fully saturated rings. The maximum Gasteiger partial charge on any atom is 0.257 e. The minimum absolute atomic E-state index is 0.298. The first-order valence-corrected chi connectivity index (χ1v) is 9.06. The van der Waals surface area contributed by atoms with Gasteiger partial charge in [0.2, 0.25) is 0 Å². The summed E-state index contributed by atoms with van der Waals surface area (Å²) in [6.07, 6.45) is 2.90. The van der Waals surface area contributed by atoms with E-state index in [1.54, 1.807) is 6.07 Å². The molecule has 0 atom stereocenters. The van der Waals surface area contributed by atoms with Crippen LogP contribution in [0.15, 0.2) is 54.9 Å². The van der Waals surface area contributed by atoms with Crippen molar-refractivity contribution in [2.24, 2.45) is 0 Å². The van der Waals surface area contributed by atoms with E-state index in [0.29, 0.717) is 16.8 Å². The molecule has 1 heterocycles. The smallest absolute Gasteiger partial charge is 0.257 e. The summed E-state index contributed by atoms with van der Waals surface area (Å²) in [5.74, 6) is -0.608. The Balaban J connectivity index is 1.79. The number of aryl methyl sites for hydroxylation is 4. The number of pyridine rings is 1. The molecular formula is C23H23N3O2. The topological polar surface area (TPSA) is 71.1 Å². The van der Waals surface area contributed by atoms with Crippen LogP contribution in [0.5, 0.6) is 0 Å². The lowest BCUT2D eigenvalue weighted by Gasteiger charge is -2.13. The Morgan fingerprint density at radius 1 is 0.750 bits per heavy atom. The van der Waals surface area contributed by atoms with Gasteiger partial charge in [-0.25, -0.2) is 0 Å². The second-order valence-corrected chi connectivity index (χ2v) is 7.01. The number of hydrogen-bond acceptors (Lipinski definition) is 3. The lowest BCUT2D eigenvalue weighted by Crippen LogP contribution is -2.17. The lowest BCUT2D eigenvalue weighted by atomic mass is 10.0. The molecule has 0 radical (unpaired) electrons. The average Bonchev–Trinajstić information content (AvgIpc) is 2.64. The van der Waals surface area contributed by atoms with Crippen molar-refractivity contribution in [1.29, 1.82) is 0 Å². The number of hydrogen-bond donors (Lipinski definition) is 2. The van der Waals surface area contributed by atoms with Gasteiger partial charge in [0, 0.05) is 23.8 Å². The van der Waals surface area contributed by atoms with Crippen LogP contribution >= 0.6 is 0 Å². The third kappa shape index (κ3) is 4.43. The first-order chi connectivity index (χ1) is 13.3. The third-order valence-electron chi connectivity index (χ3n) is 4.45. The number of carbonyl (C=O) groups excluding carboxylic acids is 2. The molecule has 2 aromatic carbocycles. The van der Waals surface area contributed by atoms with Gasteiger partial charge in [-0.2, -0.15) is 0 Å². The van der Waals surface area contributed by atoms with E-state index in [-0.39, 0.29) is 11.8 Å². The summed E-state index contributed by atoms with van der Waals surface area (Å²) in [5, 5.41) is 5.76. The van der Waals surface area contributed by atoms with Gasteiger partial charge in [-0.1, -0.05) is 29.8 Å². The molecule has 0 saturated carbocycles. The van der Waals surface area contributed by atoms with E-state index in [1.807, 2.05) is 64.1 Å². The summed E-state index contributed by atoms with van der Waals surface area (Å²) in [6.45, 7) is 7.89. The van der Waals surface area contributed by atoms with E-state index in [4.69, 9.17) is 0 Å². The number of carbonyl (C=O) groups is 2. The van der Waals surface area contributed by atoms with Crippen LogP contribution in [0.25, 0.3) is 0 Å². The van der Waals surface area contributed by atoms with Gasteiger partial charge in [0.05, 0.1) is 11.1 Å². The number of nitrogens with one attached hydrogen (secondary N) is 2. The predicted octanol–water partition coefficient (Wildman–Crippen LogP) is 4.82. The van der Waals surface area contributed by atoms with Crippen molar-refractivity contribution in [3.63, 3.8) is 0 Å². The molecule has 2 N–H and O–H groups in total. The molecule has 5 heteroatoms. The summed E-state index contributed by atoms with van der Waals surface area (Å²) < 4.78 is 0. The molecular weight excluding hydrogens is 350 g/mol. The van der Waals surface area contributed by atoms with Crippen molar-refractivity contribution in [2.75, 3.05) is 10.6 Å². The Morgan fingerprint density at radius 2 is 1.36 bits per heavy atom. The largest absolute Gasteiger partial charge is 0.322 e. The van der Waals surface area contributed by atoms with Crippen molar-refractivity contribution >= 4 is 23.2 Å². The van der Waals surface area contributed by atoms with Crippen molar-refractivity contribution in [2.45, 2.75) is 27.7 Å². The van der Waals surface area contributed by atoms with E-state index in [1.165, 1.54) is 12.4 Å². The second kappa shape index (κ2) is 8.05. The summed E-state index contributed by atoms with van der Waals surface area (Å²) >= 11 is 0. The highest BCUT2D eigenvalue weighted by atomic mass is 16.2. The monoisotopic (exact) mass is 373 g/mol. The van der Waals surface area contributed by atoms with Crippen LogP contribution in [0.2, 0.25) is 0 Å². The maximum absolute atomic E-state index is 12.7. The van der Waals surface area contributed by atoms with Crippen LogP contribution in [0.4, 0.5) is 11.4 Å². The van der Waals surface area contributed by atoms with Crippen LogP contribution in [0, 0.1) is 27.7 Å². The Kier molecular flexibility index (Phi) is 5.54. The molecule has 0 bridgehead atoms. The standard InChI is InChI=1S/C23H23N3O2/c1-14-6-5-7-20(10-14)25-22(27)18-11-19(13-24-12-18)23(28)26-21-16(3)8-15(2)9-17(21)4/h5-13H,1-4H3,(H,25,27)(H,26,28). The van der Waals surface area contributed by atoms with Crippen molar-refractivity contribution in [1.82, 2.24) is 4.98 Å². The van der Waals surface area contributed by atoms with Gasteiger partial charge < -0.3 is 10.6 Å². The Morgan fingerprint density at radius 3 is 1.96 bits per heavy atom. The van der Waals surface area contributed by atoms with Gasteiger partial charge in [-0.05, 0) is 62.6 Å². The molecule has 0 aliphatic carbocycles. The van der Waals surface area contributed by atoms with Crippen LogP contribution in [-0.2, 0) is 0 Å². The fraction of sp³-hybridized carbons (Fsp3) is 0.174. The molecule has 0 unspecified atom stereocenters. The number of rotatable bonds is 4. The Labute approximate surface area is 164 Å². The van der Waals surface area contributed by atoms with Gasteiger partial charge in [0.1, 0.15) is 0 Å². The molecule has 2 amide bonds. The van der Waals surface area contributed by atoms with Crippen LogP contribution < -0.4 is 10.6 Å². The fourth-order valence-corrected chi connectivity index (χ4v) is 3.18. The zero-order chi connectivity index (χ0) is 20.3. The van der Waals surface area contributed by atoms with E-state index in [2.05, 4.69) is 15.6 Å². The summed E-state index contributed by atoms with van der Waals surface area (Å²) in [7, 11) is 0. The fourth-order valence-electron chi connectivity index (χ4n) is 3.18. The van der Waals surface area contributed by atoms with Gasteiger partial charge in [0.25, 0.3) is 11.8 Å². The first kappa shape index (κ1) is 19.3. The van der Waals surface area contributed by atoms with Gasteiger partial charge in [-0.3, -0.25) is 14.6 Å². The molecule has 1 aromatic heterocycles. The summed E-state index contributed by atoms with van der Waals surface area (Å²) in [6, 6.07) is 13.1. The quantitative estimate of drug-likeness (QED) is 0.689. The van der Waals surface area contributed by atoms with E-state index in [0.717, 1.165) is 27.9 Å². The molecule has 0 aliphatic heterocycles. The molecule has 5 nitrogen and oxygen atoms in total. The maximum atomic E-state index is 12.7. The molecule has 28 heavy (non-hydrogen) atoms. The van der Waals surface area contributed by atoms with Gasteiger partial charge >= 0.3 is 0 Å². The molecule has 142 valence electrons. The highest BCUT2D eigenvalue weighted by molar-refractivity contribution is 6.08. The zero-order valence-corrected chi connectivity index (χ0v) is 16.5. The summed E-state index contributed by atoms with van der Waals surface area (Å²) in [5.41, 5.74) is 6.32. The van der Waals surface area contributed by atoms with Crippen LogP contribution in [0.1, 0.15) is 43.0 Å². The van der Waals surface area contributed by atoms with Crippen molar-refractivity contribution < 1.29 is 9.59 Å². The Hall–Kier alpha value is -3.47. The minimum Gasteiger partial charge on any atom is -0.322 e. The summed E-state index contributed by atoms with van der Waals surface area (Å²) in [4.78, 5) is 29.3. The number of benzene rings is 2.